The zero-order valence-corrected chi connectivity index (χ0v) is 9.78. The molecular formula is C14H10F3NO. The fourth-order valence-electron chi connectivity index (χ4n) is 2.17. The maximum atomic E-state index is 12.8. The molecule has 5 heteroatoms. The minimum Gasteiger partial charge on any atom is -0.376 e. The topological polar surface area (TPSA) is 33.1 Å². The molecule has 1 N–H and O–H groups in total. The van der Waals surface area contributed by atoms with Crippen LogP contribution in [0.5, 0.6) is 0 Å². The smallest absolute Gasteiger partial charge is 0.376 e. The van der Waals surface area contributed by atoms with Gasteiger partial charge in [-0.25, -0.2) is 4.98 Å². The molecule has 1 heterocycles. The number of benzene rings is 1. The molecule has 0 radical (unpaired) electrons. The van der Waals surface area contributed by atoms with Crippen molar-refractivity contribution in [2.75, 3.05) is 0 Å². The Morgan fingerprint density at radius 1 is 1.21 bits per heavy atom. The lowest BCUT2D eigenvalue weighted by molar-refractivity contribution is -0.230. The number of nitrogens with zero attached hydrogens (tertiary/aromatic N) is 1. The van der Waals surface area contributed by atoms with E-state index in [1.165, 1.54) is 6.08 Å². The molecule has 2 aromatic rings. The van der Waals surface area contributed by atoms with Gasteiger partial charge in [-0.2, -0.15) is 13.2 Å². The Balaban J connectivity index is 2.29. The average molecular weight is 265 g/mol. The van der Waals surface area contributed by atoms with Crippen LogP contribution >= 0.6 is 0 Å². The van der Waals surface area contributed by atoms with Gasteiger partial charge >= 0.3 is 6.18 Å². The van der Waals surface area contributed by atoms with Gasteiger partial charge in [0.2, 0.25) is 0 Å². The summed E-state index contributed by atoms with van der Waals surface area (Å²) in [5, 5.41) is 11.3. The summed E-state index contributed by atoms with van der Waals surface area (Å²) in [6, 6.07) is 8.97. The number of hydrogen-bond donors (Lipinski definition) is 1. The first kappa shape index (κ1) is 12.2. The highest BCUT2D eigenvalue weighted by molar-refractivity contribution is 5.78. The van der Waals surface area contributed by atoms with Gasteiger partial charge in [0.05, 0.1) is 10.9 Å². The van der Waals surface area contributed by atoms with E-state index in [0.717, 1.165) is 11.5 Å². The van der Waals surface area contributed by atoms with Gasteiger partial charge in [-0.3, -0.25) is 0 Å². The maximum Gasteiger partial charge on any atom is 0.421 e. The van der Waals surface area contributed by atoms with Crippen LogP contribution in [-0.2, 0) is 0 Å². The highest BCUT2D eigenvalue weighted by atomic mass is 19.4. The number of pyridine rings is 1. The first-order valence-electron chi connectivity index (χ1n) is 5.77. The summed E-state index contributed by atoms with van der Waals surface area (Å²) in [7, 11) is 0. The van der Waals surface area contributed by atoms with Crippen LogP contribution < -0.4 is 10.6 Å². The van der Waals surface area contributed by atoms with Crippen molar-refractivity contribution in [1.29, 1.82) is 0 Å². The van der Waals surface area contributed by atoms with Gasteiger partial charge in [0.1, 0.15) is 0 Å². The average Bonchev–Trinajstić information content (AvgIpc) is 2.35. The largest absolute Gasteiger partial charge is 0.421 e. The number of alkyl halides is 3. The second kappa shape index (κ2) is 3.81. The van der Waals surface area contributed by atoms with E-state index in [0.29, 0.717) is 10.7 Å². The zero-order valence-electron chi connectivity index (χ0n) is 9.78. The van der Waals surface area contributed by atoms with Crippen LogP contribution in [0.15, 0.2) is 30.3 Å². The van der Waals surface area contributed by atoms with E-state index in [2.05, 4.69) is 4.98 Å². The fourth-order valence-corrected chi connectivity index (χ4v) is 2.17. The summed E-state index contributed by atoms with van der Waals surface area (Å²) in [6.45, 7) is 0. The first-order chi connectivity index (χ1) is 8.89. The molecule has 0 fully saturated rings. The summed E-state index contributed by atoms with van der Waals surface area (Å²) in [4.78, 5) is 4.18. The van der Waals surface area contributed by atoms with Crippen molar-refractivity contribution < 1.29 is 18.3 Å². The third-order valence-corrected chi connectivity index (χ3v) is 3.28. The summed E-state index contributed by atoms with van der Waals surface area (Å²) < 4.78 is 38.4. The number of rotatable bonds is 0. The molecule has 0 amide bonds. The van der Waals surface area contributed by atoms with Crippen molar-refractivity contribution in [3.8, 4) is 0 Å². The van der Waals surface area contributed by atoms with E-state index in [9.17, 15) is 18.3 Å². The van der Waals surface area contributed by atoms with Crippen molar-refractivity contribution in [3.63, 3.8) is 0 Å². The lowest BCUT2D eigenvalue weighted by Gasteiger charge is -2.27. The SMILES string of the molecule is OC1(C(F)(F)F)C=c2nc3ccccc3cc2=CC1. The lowest BCUT2D eigenvalue weighted by atomic mass is 9.93. The molecule has 0 bridgehead atoms. The molecule has 0 spiro atoms. The van der Waals surface area contributed by atoms with E-state index < -0.39 is 18.2 Å². The molecule has 1 unspecified atom stereocenters. The minimum atomic E-state index is -4.70. The number of fused-ring (bicyclic) bond motifs is 2. The quantitative estimate of drug-likeness (QED) is 0.783. The third-order valence-electron chi connectivity index (χ3n) is 3.28. The number of halogens is 3. The van der Waals surface area contributed by atoms with E-state index in [1.807, 2.05) is 12.1 Å². The van der Waals surface area contributed by atoms with Crippen LogP contribution in [0.1, 0.15) is 6.42 Å². The molecule has 0 aliphatic heterocycles. The van der Waals surface area contributed by atoms with Gasteiger partial charge < -0.3 is 5.11 Å². The van der Waals surface area contributed by atoms with Gasteiger partial charge in [0.25, 0.3) is 0 Å². The Morgan fingerprint density at radius 3 is 2.68 bits per heavy atom. The Hall–Kier alpha value is -1.88. The van der Waals surface area contributed by atoms with Crippen molar-refractivity contribution in [1.82, 2.24) is 4.98 Å². The third kappa shape index (κ3) is 1.90. The van der Waals surface area contributed by atoms with Crippen LogP contribution in [-0.4, -0.2) is 21.9 Å². The fraction of sp³-hybridized carbons (Fsp3) is 0.214. The molecule has 1 aliphatic rings. The minimum absolute atomic E-state index is 0.171. The second-order valence-electron chi connectivity index (χ2n) is 4.63. The van der Waals surface area contributed by atoms with Gasteiger partial charge in [-0.1, -0.05) is 24.3 Å². The van der Waals surface area contributed by atoms with E-state index in [4.69, 9.17) is 0 Å². The van der Waals surface area contributed by atoms with Gasteiger partial charge in [-0.05, 0) is 23.4 Å². The van der Waals surface area contributed by atoms with Crippen LogP contribution in [0.4, 0.5) is 13.2 Å². The van der Waals surface area contributed by atoms with E-state index in [-0.39, 0.29) is 5.35 Å². The van der Waals surface area contributed by atoms with Crippen molar-refractivity contribution in [2.24, 2.45) is 0 Å². The summed E-state index contributed by atoms with van der Waals surface area (Å²) in [5.74, 6) is 0. The van der Waals surface area contributed by atoms with Crippen molar-refractivity contribution >= 4 is 23.1 Å². The Labute approximate surface area is 106 Å². The highest BCUT2D eigenvalue weighted by Gasteiger charge is 2.52. The molecule has 3 rings (SSSR count). The maximum absolute atomic E-state index is 12.8. The Kier molecular flexibility index (Phi) is 2.44. The molecule has 98 valence electrons. The second-order valence-corrected chi connectivity index (χ2v) is 4.63. The van der Waals surface area contributed by atoms with E-state index in [1.54, 1.807) is 18.2 Å². The highest BCUT2D eigenvalue weighted by Crippen LogP contribution is 2.35. The van der Waals surface area contributed by atoms with Crippen LogP contribution in [0.3, 0.4) is 0 Å². The van der Waals surface area contributed by atoms with Gasteiger partial charge in [-0.15, -0.1) is 0 Å². The molecule has 19 heavy (non-hydrogen) atoms. The standard InChI is InChI=1S/C14H10F3NO/c15-14(16,17)13(19)6-5-10-7-9-3-1-2-4-11(9)18-12(10)8-13/h1-5,7-8,19H,6H2. The Morgan fingerprint density at radius 2 is 1.95 bits per heavy atom. The van der Waals surface area contributed by atoms with Gasteiger partial charge in [0.15, 0.2) is 5.60 Å². The van der Waals surface area contributed by atoms with Gasteiger partial charge in [0, 0.05) is 11.8 Å². The molecule has 0 saturated heterocycles. The molecule has 1 aromatic carbocycles. The number of hydrogen-bond acceptors (Lipinski definition) is 2. The normalized spacial score (nSPS) is 22.5. The zero-order chi connectivity index (χ0) is 13.7. The molecule has 2 nitrogen and oxygen atoms in total. The van der Waals surface area contributed by atoms with Crippen molar-refractivity contribution in [2.45, 2.75) is 18.2 Å². The molecule has 1 aromatic heterocycles. The predicted octanol–water partition coefficient (Wildman–Crippen LogP) is 1.49. The van der Waals surface area contributed by atoms with Crippen molar-refractivity contribution in [3.05, 3.63) is 40.9 Å². The molecular weight excluding hydrogens is 255 g/mol. The number of aliphatic hydroxyl groups is 1. The van der Waals surface area contributed by atoms with Crippen LogP contribution in [0.2, 0.25) is 0 Å². The summed E-state index contributed by atoms with van der Waals surface area (Å²) in [5.41, 5.74) is -2.22. The molecule has 1 aliphatic carbocycles. The number of para-hydroxylation sites is 1. The van der Waals surface area contributed by atoms with Crippen LogP contribution in [0.25, 0.3) is 23.1 Å². The first-order valence-corrected chi connectivity index (χ1v) is 5.77. The monoisotopic (exact) mass is 265 g/mol. The summed E-state index contributed by atoms with van der Waals surface area (Å²) in [6.07, 6.45) is -3.00. The molecule has 1 atom stereocenters. The number of aromatic nitrogens is 1. The lowest BCUT2D eigenvalue weighted by Crippen LogP contribution is -2.49. The predicted molar refractivity (Wildman–Crippen MR) is 65.5 cm³/mol. The van der Waals surface area contributed by atoms with E-state index >= 15 is 0 Å². The Bertz CT molecular complexity index is 766. The molecule has 0 saturated carbocycles. The summed E-state index contributed by atoms with van der Waals surface area (Å²) >= 11 is 0. The van der Waals surface area contributed by atoms with Crippen LogP contribution in [0, 0.1) is 0 Å².